The summed E-state index contributed by atoms with van der Waals surface area (Å²) < 4.78 is 0.547. The average molecular weight is 312 g/mol. The molecular formula is C16H12N2OS2. The van der Waals surface area contributed by atoms with Gasteiger partial charge in [-0.25, -0.2) is 0 Å². The van der Waals surface area contributed by atoms with Gasteiger partial charge in [0.05, 0.1) is 16.3 Å². The summed E-state index contributed by atoms with van der Waals surface area (Å²) in [5, 5.41) is 0. The molecule has 104 valence electrons. The van der Waals surface area contributed by atoms with Gasteiger partial charge in [0.15, 0.2) is 4.32 Å². The quantitative estimate of drug-likeness (QED) is 0.624. The van der Waals surface area contributed by atoms with E-state index in [1.165, 1.54) is 11.8 Å². The molecule has 5 heteroatoms. The molecule has 0 atom stereocenters. The van der Waals surface area contributed by atoms with Crippen LogP contribution in [0.25, 0.3) is 6.08 Å². The van der Waals surface area contributed by atoms with Crippen molar-refractivity contribution in [2.45, 2.75) is 6.92 Å². The number of aryl methyl sites for hydroxylation is 1. The number of hydrogen-bond donors (Lipinski definition) is 0. The standard InChI is InChI=1S/C16H12N2OS2/c1-11-5-7-13(8-6-11)18-15(19)14(21-16(18)20)10-12-4-2-3-9-17-12/h2-10H,1H3. The topological polar surface area (TPSA) is 33.2 Å². The summed E-state index contributed by atoms with van der Waals surface area (Å²) in [4.78, 5) is 18.9. The van der Waals surface area contributed by atoms with Crippen LogP contribution in [-0.2, 0) is 4.79 Å². The van der Waals surface area contributed by atoms with E-state index in [0.717, 1.165) is 16.9 Å². The first-order chi connectivity index (χ1) is 10.1. The molecule has 0 unspecified atom stereocenters. The number of anilines is 1. The molecule has 0 spiro atoms. The van der Waals surface area contributed by atoms with E-state index in [4.69, 9.17) is 12.2 Å². The average Bonchev–Trinajstić information content (AvgIpc) is 2.76. The number of hydrogen-bond acceptors (Lipinski definition) is 4. The fourth-order valence-corrected chi connectivity index (χ4v) is 3.26. The SMILES string of the molecule is Cc1ccc(N2C(=O)C(=Cc3ccccn3)SC2=S)cc1. The zero-order valence-corrected chi connectivity index (χ0v) is 12.9. The molecule has 1 aromatic heterocycles. The van der Waals surface area contributed by atoms with Crippen LogP contribution in [0.5, 0.6) is 0 Å². The normalized spacial score (nSPS) is 16.8. The van der Waals surface area contributed by atoms with Crippen molar-refractivity contribution >= 4 is 46.0 Å². The number of pyridine rings is 1. The van der Waals surface area contributed by atoms with Crippen molar-refractivity contribution in [3.05, 3.63) is 64.8 Å². The zero-order chi connectivity index (χ0) is 14.8. The lowest BCUT2D eigenvalue weighted by atomic mass is 10.2. The maximum Gasteiger partial charge on any atom is 0.270 e. The maximum absolute atomic E-state index is 12.5. The fraction of sp³-hybridized carbons (Fsp3) is 0.0625. The Balaban J connectivity index is 1.92. The molecule has 0 bridgehead atoms. The summed E-state index contributed by atoms with van der Waals surface area (Å²) in [6, 6.07) is 13.3. The van der Waals surface area contributed by atoms with Crippen LogP contribution in [0.2, 0.25) is 0 Å². The molecule has 1 amide bonds. The van der Waals surface area contributed by atoms with E-state index >= 15 is 0 Å². The van der Waals surface area contributed by atoms with Gasteiger partial charge in [-0.15, -0.1) is 0 Å². The van der Waals surface area contributed by atoms with Crippen LogP contribution < -0.4 is 4.90 Å². The number of amides is 1. The molecule has 3 rings (SSSR count). The Morgan fingerprint density at radius 2 is 1.95 bits per heavy atom. The molecule has 0 saturated carbocycles. The van der Waals surface area contributed by atoms with Crippen molar-refractivity contribution in [1.82, 2.24) is 4.98 Å². The smallest absolute Gasteiger partial charge is 0.268 e. The molecule has 0 aliphatic carbocycles. The number of rotatable bonds is 2. The first-order valence-electron chi connectivity index (χ1n) is 6.41. The van der Waals surface area contributed by atoms with E-state index in [9.17, 15) is 4.79 Å². The van der Waals surface area contributed by atoms with Crippen molar-refractivity contribution in [1.29, 1.82) is 0 Å². The maximum atomic E-state index is 12.5. The third-order valence-electron chi connectivity index (χ3n) is 3.05. The number of thiocarbonyl (C=S) groups is 1. The van der Waals surface area contributed by atoms with Crippen LogP contribution >= 0.6 is 24.0 Å². The largest absolute Gasteiger partial charge is 0.270 e. The highest BCUT2D eigenvalue weighted by atomic mass is 32.2. The molecule has 3 nitrogen and oxygen atoms in total. The molecule has 2 aromatic rings. The Labute approximate surface area is 132 Å². The summed E-state index contributed by atoms with van der Waals surface area (Å²) in [5.74, 6) is -0.0977. The Bertz CT molecular complexity index is 724. The number of carbonyl (C=O) groups excluding carboxylic acids is 1. The van der Waals surface area contributed by atoms with E-state index < -0.39 is 0 Å². The van der Waals surface area contributed by atoms with Crippen molar-refractivity contribution in [3.63, 3.8) is 0 Å². The van der Waals surface area contributed by atoms with Gasteiger partial charge >= 0.3 is 0 Å². The summed E-state index contributed by atoms with van der Waals surface area (Å²) in [5.41, 5.74) is 2.70. The highest BCUT2D eigenvalue weighted by molar-refractivity contribution is 8.27. The van der Waals surface area contributed by atoms with Crippen molar-refractivity contribution in [2.75, 3.05) is 4.90 Å². The number of benzene rings is 1. The first-order valence-corrected chi connectivity index (χ1v) is 7.63. The van der Waals surface area contributed by atoms with Crippen molar-refractivity contribution in [3.8, 4) is 0 Å². The van der Waals surface area contributed by atoms with Crippen LogP contribution in [-0.4, -0.2) is 15.2 Å². The molecular weight excluding hydrogens is 300 g/mol. The van der Waals surface area contributed by atoms with Gasteiger partial charge in [0, 0.05) is 6.20 Å². The minimum absolute atomic E-state index is 0.0977. The summed E-state index contributed by atoms with van der Waals surface area (Å²) in [7, 11) is 0. The van der Waals surface area contributed by atoms with E-state index in [1.807, 2.05) is 49.4 Å². The van der Waals surface area contributed by atoms with Gasteiger partial charge < -0.3 is 0 Å². The zero-order valence-electron chi connectivity index (χ0n) is 11.3. The predicted octanol–water partition coefficient (Wildman–Crippen LogP) is 3.80. The van der Waals surface area contributed by atoms with Crippen LogP contribution in [0.1, 0.15) is 11.3 Å². The van der Waals surface area contributed by atoms with Crippen LogP contribution in [0, 0.1) is 6.92 Å². The monoisotopic (exact) mass is 312 g/mol. The molecule has 2 heterocycles. The summed E-state index contributed by atoms with van der Waals surface area (Å²) in [6.45, 7) is 2.01. The minimum atomic E-state index is -0.0977. The minimum Gasteiger partial charge on any atom is -0.268 e. The van der Waals surface area contributed by atoms with Crippen LogP contribution in [0.4, 0.5) is 5.69 Å². The van der Waals surface area contributed by atoms with Crippen LogP contribution in [0.3, 0.4) is 0 Å². The second-order valence-corrected chi connectivity index (χ2v) is 6.28. The molecule has 1 aliphatic heterocycles. The van der Waals surface area contributed by atoms with Crippen molar-refractivity contribution < 1.29 is 4.79 Å². The lowest BCUT2D eigenvalue weighted by molar-refractivity contribution is -0.113. The summed E-state index contributed by atoms with van der Waals surface area (Å²) in [6.07, 6.45) is 3.47. The van der Waals surface area contributed by atoms with Gasteiger partial charge in [-0.1, -0.05) is 47.7 Å². The molecule has 0 N–H and O–H groups in total. The number of thioether (sulfide) groups is 1. The van der Waals surface area contributed by atoms with Gasteiger partial charge in [-0.3, -0.25) is 14.7 Å². The van der Waals surface area contributed by atoms with Gasteiger partial charge in [0.1, 0.15) is 0 Å². The highest BCUT2D eigenvalue weighted by Crippen LogP contribution is 2.35. The third-order valence-corrected chi connectivity index (χ3v) is 4.35. The molecule has 1 aliphatic rings. The van der Waals surface area contributed by atoms with E-state index in [1.54, 1.807) is 17.2 Å². The number of carbonyl (C=O) groups is 1. The Hall–Kier alpha value is -1.98. The molecule has 1 aromatic carbocycles. The van der Waals surface area contributed by atoms with Gasteiger partial charge in [0.25, 0.3) is 5.91 Å². The third kappa shape index (κ3) is 2.89. The second-order valence-electron chi connectivity index (χ2n) is 4.61. The number of aromatic nitrogens is 1. The molecule has 21 heavy (non-hydrogen) atoms. The number of nitrogens with zero attached hydrogens (tertiary/aromatic N) is 2. The molecule has 0 radical (unpaired) electrons. The lowest BCUT2D eigenvalue weighted by Crippen LogP contribution is -2.27. The van der Waals surface area contributed by atoms with E-state index in [0.29, 0.717) is 9.23 Å². The fourth-order valence-electron chi connectivity index (χ4n) is 1.98. The van der Waals surface area contributed by atoms with Gasteiger partial charge in [0.2, 0.25) is 0 Å². The van der Waals surface area contributed by atoms with Crippen LogP contribution in [0.15, 0.2) is 53.6 Å². The predicted molar refractivity (Wildman–Crippen MR) is 91.1 cm³/mol. The first kappa shape index (κ1) is 14.0. The van der Waals surface area contributed by atoms with Crippen molar-refractivity contribution in [2.24, 2.45) is 0 Å². The van der Waals surface area contributed by atoms with E-state index in [-0.39, 0.29) is 5.91 Å². The Kier molecular flexibility index (Phi) is 3.86. The summed E-state index contributed by atoms with van der Waals surface area (Å²) >= 11 is 6.64. The Morgan fingerprint density at radius 1 is 1.19 bits per heavy atom. The second kappa shape index (κ2) is 5.79. The van der Waals surface area contributed by atoms with Gasteiger partial charge in [-0.05, 0) is 37.3 Å². The molecule has 1 saturated heterocycles. The van der Waals surface area contributed by atoms with Gasteiger partial charge in [-0.2, -0.15) is 0 Å². The lowest BCUT2D eigenvalue weighted by Gasteiger charge is -2.14. The highest BCUT2D eigenvalue weighted by Gasteiger charge is 2.33. The Morgan fingerprint density at radius 3 is 2.62 bits per heavy atom. The molecule has 1 fully saturated rings. The van der Waals surface area contributed by atoms with E-state index in [2.05, 4.69) is 4.98 Å².